The number of hydrogen-bond donors (Lipinski definition) is 2. The Labute approximate surface area is 188 Å². The van der Waals surface area contributed by atoms with Crippen LogP contribution in [-0.4, -0.2) is 83.3 Å². The highest BCUT2D eigenvalue weighted by molar-refractivity contribution is 5.94. The van der Waals surface area contributed by atoms with Crippen LogP contribution < -0.4 is 11.1 Å². The Hall–Kier alpha value is -2.96. The highest BCUT2D eigenvalue weighted by Gasteiger charge is 2.51. The van der Waals surface area contributed by atoms with Crippen LogP contribution in [0.1, 0.15) is 48.1 Å². The lowest BCUT2D eigenvalue weighted by molar-refractivity contribution is -0.140. The van der Waals surface area contributed by atoms with Crippen molar-refractivity contribution in [2.24, 2.45) is 5.73 Å². The fourth-order valence-electron chi connectivity index (χ4n) is 5.35. The first-order valence-corrected chi connectivity index (χ1v) is 11.2. The third-order valence-corrected chi connectivity index (χ3v) is 7.02. The molecule has 1 aromatic rings. The van der Waals surface area contributed by atoms with E-state index >= 15 is 0 Å². The summed E-state index contributed by atoms with van der Waals surface area (Å²) in [5.41, 5.74) is 7.70. The number of benzene rings is 1. The van der Waals surface area contributed by atoms with E-state index in [0.717, 1.165) is 12.0 Å². The molecule has 3 aliphatic heterocycles. The number of fused-ring (bicyclic) bond motifs is 2. The van der Waals surface area contributed by atoms with Gasteiger partial charge in [0.25, 0.3) is 5.91 Å². The Balaban J connectivity index is 1.41. The summed E-state index contributed by atoms with van der Waals surface area (Å²) in [5.74, 6) is -0.329. The van der Waals surface area contributed by atoms with E-state index in [2.05, 4.69) is 11.4 Å². The Morgan fingerprint density at radius 1 is 1.38 bits per heavy atom. The third-order valence-electron chi connectivity index (χ3n) is 7.02. The molecule has 2 bridgehead atoms. The predicted octanol–water partition coefficient (Wildman–Crippen LogP) is 0.234. The number of nitrogens with one attached hydrogen (secondary N) is 1. The highest BCUT2D eigenvalue weighted by atomic mass is 16.2. The molecule has 3 N–H and O–H groups in total. The van der Waals surface area contributed by atoms with Crippen molar-refractivity contribution in [1.82, 2.24) is 20.0 Å². The molecule has 3 saturated heterocycles. The summed E-state index contributed by atoms with van der Waals surface area (Å²) in [6.45, 7) is 3.53. The van der Waals surface area contributed by atoms with E-state index in [1.165, 1.54) is 0 Å². The first kappa shape index (κ1) is 22.2. The number of piperazine rings is 1. The van der Waals surface area contributed by atoms with Crippen molar-refractivity contribution in [3.63, 3.8) is 0 Å². The van der Waals surface area contributed by atoms with Gasteiger partial charge in [-0.2, -0.15) is 5.26 Å². The summed E-state index contributed by atoms with van der Waals surface area (Å²) in [6.07, 6.45) is 2.22. The quantitative estimate of drug-likeness (QED) is 0.656. The largest absolute Gasteiger partial charge is 0.355 e. The van der Waals surface area contributed by atoms with Crippen LogP contribution >= 0.6 is 0 Å². The number of hydrogen-bond acceptors (Lipinski definition) is 6. The average Bonchev–Trinajstić information content (AvgIpc) is 3.52. The Bertz CT molecular complexity index is 959. The number of amides is 3. The molecule has 170 valence electrons. The van der Waals surface area contributed by atoms with E-state index in [4.69, 9.17) is 5.73 Å². The van der Waals surface area contributed by atoms with Crippen LogP contribution in [0.5, 0.6) is 0 Å². The van der Waals surface area contributed by atoms with Crippen LogP contribution in [0.25, 0.3) is 0 Å². The molecule has 9 nitrogen and oxygen atoms in total. The second-order valence-electron chi connectivity index (χ2n) is 8.91. The molecule has 32 heavy (non-hydrogen) atoms. The summed E-state index contributed by atoms with van der Waals surface area (Å²) in [4.78, 5) is 43.4. The smallest absolute Gasteiger partial charge is 0.251 e. The Morgan fingerprint density at radius 2 is 2.16 bits per heavy atom. The van der Waals surface area contributed by atoms with Crippen LogP contribution in [0.4, 0.5) is 0 Å². The second kappa shape index (κ2) is 8.88. The van der Waals surface area contributed by atoms with Gasteiger partial charge in [0.1, 0.15) is 6.04 Å². The molecule has 3 fully saturated rings. The first-order chi connectivity index (χ1) is 15.3. The fourth-order valence-corrected chi connectivity index (χ4v) is 5.35. The van der Waals surface area contributed by atoms with Gasteiger partial charge in [-0.25, -0.2) is 0 Å². The number of nitriles is 1. The molecular formula is C23H30N6O3. The maximum atomic E-state index is 13.2. The Kier molecular flexibility index (Phi) is 6.17. The molecule has 3 heterocycles. The van der Waals surface area contributed by atoms with Gasteiger partial charge >= 0.3 is 0 Å². The SMILES string of the molecule is CNC(=O)c1cccc([C@@H](C)N2C(=O)[C@@H]3C[C@H]2CN3C[C@H](N)C(=O)N2CCC[C@H]2C#N)c1. The maximum Gasteiger partial charge on any atom is 0.251 e. The van der Waals surface area contributed by atoms with E-state index in [1.54, 1.807) is 18.0 Å². The van der Waals surface area contributed by atoms with Gasteiger partial charge in [0, 0.05) is 38.3 Å². The van der Waals surface area contributed by atoms with Gasteiger partial charge in [-0.15, -0.1) is 0 Å². The molecule has 0 unspecified atom stereocenters. The number of nitrogens with two attached hydrogens (primary N) is 1. The predicted molar refractivity (Wildman–Crippen MR) is 117 cm³/mol. The number of nitrogens with zero attached hydrogens (tertiary/aromatic N) is 4. The first-order valence-electron chi connectivity index (χ1n) is 11.2. The molecule has 5 atom stereocenters. The van der Waals surface area contributed by atoms with Crippen LogP contribution in [-0.2, 0) is 9.59 Å². The van der Waals surface area contributed by atoms with Gasteiger partial charge in [0.2, 0.25) is 11.8 Å². The molecule has 0 aliphatic carbocycles. The van der Waals surface area contributed by atoms with Crippen molar-refractivity contribution < 1.29 is 14.4 Å². The van der Waals surface area contributed by atoms with Gasteiger partial charge in [-0.3, -0.25) is 19.3 Å². The summed E-state index contributed by atoms with van der Waals surface area (Å²) >= 11 is 0. The standard InChI is InChI=1S/C23H30N6O3/c1-14(15-5-3-6-16(9-15)21(30)26-2)29-18-10-20(23(29)32)27(12-18)13-19(25)22(31)28-8-4-7-17(28)11-24/h3,5-6,9,14,17-20H,4,7-8,10,12-13,25H2,1-2H3,(H,26,30)/t14-,17+,18+,19+,20+/m1/s1. The zero-order valence-electron chi connectivity index (χ0n) is 18.5. The summed E-state index contributed by atoms with van der Waals surface area (Å²) in [7, 11) is 1.59. The van der Waals surface area contributed by atoms with Crippen LogP contribution in [0.3, 0.4) is 0 Å². The second-order valence-corrected chi connectivity index (χ2v) is 8.91. The Morgan fingerprint density at radius 3 is 2.84 bits per heavy atom. The van der Waals surface area contributed by atoms with Gasteiger partial charge < -0.3 is 20.9 Å². The van der Waals surface area contributed by atoms with Crippen molar-refractivity contribution in [1.29, 1.82) is 5.26 Å². The van der Waals surface area contributed by atoms with Gasteiger partial charge in [-0.1, -0.05) is 12.1 Å². The lowest BCUT2D eigenvalue weighted by atomic mass is 10.0. The molecular weight excluding hydrogens is 408 g/mol. The third kappa shape index (κ3) is 3.85. The van der Waals surface area contributed by atoms with Crippen molar-refractivity contribution in [2.75, 3.05) is 26.7 Å². The number of carbonyl (C=O) groups excluding carboxylic acids is 3. The summed E-state index contributed by atoms with van der Waals surface area (Å²) < 4.78 is 0. The lowest BCUT2D eigenvalue weighted by Gasteiger charge is -2.38. The van der Waals surface area contributed by atoms with E-state index in [1.807, 2.05) is 34.9 Å². The molecule has 3 amide bonds. The van der Waals surface area contributed by atoms with Gasteiger partial charge in [-0.05, 0) is 43.9 Å². The molecule has 3 aliphatic rings. The normalized spacial score (nSPS) is 26.8. The molecule has 0 saturated carbocycles. The molecule has 0 aromatic heterocycles. The molecule has 4 rings (SSSR count). The number of carbonyl (C=O) groups is 3. The minimum Gasteiger partial charge on any atom is -0.355 e. The minimum atomic E-state index is -0.744. The lowest BCUT2D eigenvalue weighted by Crippen LogP contribution is -2.56. The zero-order valence-corrected chi connectivity index (χ0v) is 18.5. The average molecular weight is 439 g/mol. The van der Waals surface area contributed by atoms with Crippen molar-refractivity contribution >= 4 is 17.7 Å². The van der Waals surface area contributed by atoms with Crippen molar-refractivity contribution in [3.8, 4) is 6.07 Å². The van der Waals surface area contributed by atoms with E-state index in [-0.39, 0.29) is 35.8 Å². The monoisotopic (exact) mass is 438 g/mol. The van der Waals surface area contributed by atoms with Crippen LogP contribution in [0, 0.1) is 11.3 Å². The van der Waals surface area contributed by atoms with Crippen LogP contribution in [0.2, 0.25) is 0 Å². The fraction of sp³-hybridized carbons (Fsp3) is 0.565. The van der Waals surface area contributed by atoms with Gasteiger partial charge in [0.15, 0.2) is 0 Å². The summed E-state index contributed by atoms with van der Waals surface area (Å²) in [5, 5.41) is 11.9. The van der Waals surface area contributed by atoms with Crippen molar-refractivity contribution in [3.05, 3.63) is 35.4 Å². The molecule has 9 heteroatoms. The highest BCUT2D eigenvalue weighted by Crippen LogP contribution is 2.38. The zero-order chi connectivity index (χ0) is 23.0. The summed E-state index contributed by atoms with van der Waals surface area (Å²) in [6, 6.07) is 8.00. The van der Waals surface area contributed by atoms with Crippen LogP contribution in [0.15, 0.2) is 24.3 Å². The molecule has 0 spiro atoms. The van der Waals surface area contributed by atoms with Crippen molar-refractivity contribution in [2.45, 2.75) is 56.4 Å². The van der Waals surface area contributed by atoms with Gasteiger partial charge in [0.05, 0.1) is 24.2 Å². The van der Waals surface area contributed by atoms with E-state index in [0.29, 0.717) is 38.0 Å². The molecule has 0 radical (unpaired) electrons. The number of likely N-dealkylation sites (tertiary alicyclic amines) is 3. The van der Waals surface area contributed by atoms with E-state index < -0.39 is 12.1 Å². The van der Waals surface area contributed by atoms with E-state index in [9.17, 15) is 19.6 Å². The number of rotatable bonds is 6. The molecule has 1 aromatic carbocycles. The minimum absolute atomic E-state index is 0.0369. The topological polar surface area (TPSA) is 123 Å². The maximum absolute atomic E-state index is 13.2.